The minimum Gasteiger partial charge on any atom is -0.365 e. The van der Waals surface area contributed by atoms with Crippen molar-refractivity contribution in [2.45, 2.75) is 20.4 Å². The van der Waals surface area contributed by atoms with Gasteiger partial charge in [-0.1, -0.05) is 30.3 Å². The molecule has 0 amide bonds. The van der Waals surface area contributed by atoms with Crippen LogP contribution < -0.4 is 5.32 Å². The van der Waals surface area contributed by atoms with Crippen molar-refractivity contribution in [3.05, 3.63) is 87.7 Å². The number of non-ortho nitro benzene ring substituents is 1. The normalized spacial score (nSPS) is 10.9. The number of aryl methyl sites for hydroxylation is 2. The van der Waals surface area contributed by atoms with Gasteiger partial charge in [0.15, 0.2) is 0 Å². The molecule has 0 fully saturated rings. The first kappa shape index (κ1) is 17.7. The quantitative estimate of drug-likeness (QED) is 0.410. The third-order valence-electron chi connectivity index (χ3n) is 4.56. The van der Waals surface area contributed by atoms with Crippen LogP contribution in [0.15, 0.2) is 60.7 Å². The smallest absolute Gasteiger partial charge is 0.269 e. The van der Waals surface area contributed by atoms with Gasteiger partial charge in [-0.3, -0.25) is 14.5 Å². The maximum Gasteiger partial charge on any atom is 0.269 e. The van der Waals surface area contributed by atoms with E-state index < -0.39 is 4.92 Å². The molecule has 0 aliphatic heterocycles. The van der Waals surface area contributed by atoms with Crippen LogP contribution >= 0.6 is 0 Å². The number of rotatable bonds is 5. The first-order valence-electron chi connectivity index (χ1n) is 8.92. The molecule has 0 spiro atoms. The topological polar surface area (TPSA) is 85.4 Å². The lowest BCUT2D eigenvalue weighted by molar-refractivity contribution is -0.384. The van der Waals surface area contributed by atoms with Gasteiger partial charge in [-0.25, -0.2) is 9.97 Å². The predicted octanol–water partition coefficient (Wildman–Crippen LogP) is 4.53. The summed E-state index contributed by atoms with van der Waals surface area (Å²) in [6.45, 7) is 4.57. The summed E-state index contributed by atoms with van der Waals surface area (Å²) in [6.07, 6.45) is 0. The fraction of sp³-hybridized carbons (Fsp3) is 0.143. The molecule has 0 saturated carbocycles. The molecule has 7 nitrogen and oxygen atoms in total. The van der Waals surface area contributed by atoms with E-state index in [9.17, 15) is 10.1 Å². The molecule has 4 rings (SSSR count). The molecule has 0 unspecified atom stereocenters. The Morgan fingerprint density at radius 3 is 2.43 bits per heavy atom. The number of imidazole rings is 1. The van der Waals surface area contributed by atoms with Gasteiger partial charge < -0.3 is 5.32 Å². The van der Waals surface area contributed by atoms with Crippen molar-refractivity contribution in [3.8, 4) is 11.3 Å². The molecule has 0 saturated heterocycles. The van der Waals surface area contributed by atoms with Gasteiger partial charge in [0.1, 0.15) is 11.5 Å². The zero-order chi connectivity index (χ0) is 19.7. The molecule has 2 aromatic carbocycles. The summed E-state index contributed by atoms with van der Waals surface area (Å²) < 4.78 is 1.98. The molecule has 4 aromatic rings. The highest BCUT2D eigenvalue weighted by atomic mass is 16.6. The van der Waals surface area contributed by atoms with Crippen LogP contribution in [-0.4, -0.2) is 19.3 Å². The van der Waals surface area contributed by atoms with E-state index in [-0.39, 0.29) is 5.69 Å². The number of nitro benzene ring substituents is 1. The zero-order valence-electron chi connectivity index (χ0n) is 15.6. The lowest BCUT2D eigenvalue weighted by Crippen LogP contribution is -2.05. The number of hydrogen-bond donors (Lipinski definition) is 1. The van der Waals surface area contributed by atoms with Crippen LogP contribution in [0.4, 0.5) is 11.5 Å². The summed E-state index contributed by atoms with van der Waals surface area (Å²) in [5.41, 5.74) is 4.61. The van der Waals surface area contributed by atoms with E-state index in [1.54, 1.807) is 12.1 Å². The first-order chi connectivity index (χ1) is 13.5. The van der Waals surface area contributed by atoms with Crippen molar-refractivity contribution >= 4 is 17.3 Å². The van der Waals surface area contributed by atoms with Crippen LogP contribution in [0.1, 0.15) is 17.0 Å². The average Bonchev–Trinajstić information content (AvgIpc) is 3.06. The number of anilines is 1. The highest BCUT2D eigenvalue weighted by Gasteiger charge is 2.17. The Morgan fingerprint density at radius 2 is 1.75 bits per heavy atom. The molecule has 28 heavy (non-hydrogen) atoms. The van der Waals surface area contributed by atoms with E-state index in [2.05, 4.69) is 22.4 Å². The Balaban J connectivity index is 1.82. The van der Waals surface area contributed by atoms with E-state index in [4.69, 9.17) is 4.98 Å². The minimum absolute atomic E-state index is 0.0523. The second-order valence-electron chi connectivity index (χ2n) is 6.63. The second-order valence-corrected chi connectivity index (χ2v) is 6.63. The van der Waals surface area contributed by atoms with Crippen molar-refractivity contribution in [2.24, 2.45) is 0 Å². The summed E-state index contributed by atoms with van der Waals surface area (Å²) in [5, 5.41) is 14.4. The van der Waals surface area contributed by atoms with Gasteiger partial charge in [0, 0.05) is 35.6 Å². The minimum atomic E-state index is -0.406. The van der Waals surface area contributed by atoms with Crippen LogP contribution in [0.25, 0.3) is 17.0 Å². The summed E-state index contributed by atoms with van der Waals surface area (Å²) in [5.74, 6) is 1.42. The van der Waals surface area contributed by atoms with Gasteiger partial charge >= 0.3 is 0 Å². The summed E-state index contributed by atoms with van der Waals surface area (Å²) in [4.78, 5) is 19.8. The molecular weight excluding hydrogens is 354 g/mol. The largest absolute Gasteiger partial charge is 0.365 e. The molecule has 0 aliphatic rings. The Hall–Kier alpha value is -3.74. The molecule has 7 heteroatoms. The maximum atomic E-state index is 11.0. The maximum absolute atomic E-state index is 11.0. The highest BCUT2D eigenvalue weighted by Crippen LogP contribution is 2.31. The lowest BCUT2D eigenvalue weighted by atomic mass is 10.1. The summed E-state index contributed by atoms with van der Waals surface area (Å²) in [6, 6.07) is 18.5. The number of nitro groups is 1. The number of benzene rings is 2. The molecule has 0 radical (unpaired) electrons. The average molecular weight is 373 g/mol. The molecule has 140 valence electrons. The molecule has 0 aliphatic carbocycles. The van der Waals surface area contributed by atoms with Crippen LogP contribution in [0.5, 0.6) is 0 Å². The van der Waals surface area contributed by atoms with Crippen LogP contribution in [0, 0.1) is 24.0 Å². The Kier molecular flexibility index (Phi) is 4.49. The van der Waals surface area contributed by atoms with Crippen LogP contribution in [-0.2, 0) is 6.54 Å². The van der Waals surface area contributed by atoms with Gasteiger partial charge in [-0.2, -0.15) is 0 Å². The van der Waals surface area contributed by atoms with Gasteiger partial charge in [0.05, 0.1) is 4.92 Å². The van der Waals surface area contributed by atoms with E-state index in [0.717, 1.165) is 28.3 Å². The number of aromatic nitrogens is 3. The number of fused-ring (bicyclic) bond motifs is 1. The van der Waals surface area contributed by atoms with Crippen LogP contribution in [0.3, 0.4) is 0 Å². The van der Waals surface area contributed by atoms with E-state index in [0.29, 0.717) is 18.0 Å². The van der Waals surface area contributed by atoms with E-state index in [1.165, 1.54) is 12.1 Å². The third kappa shape index (κ3) is 3.29. The standard InChI is InChI=1S/C21H19N5O2/c1-14-12-15(2)25-20(22-13-16-6-4-3-5-7-16)19(24-21(25)23-14)17-8-10-18(11-9-17)26(27)28/h3-12,22H,13H2,1-2H3. The molecule has 2 aromatic heterocycles. The first-order valence-corrected chi connectivity index (χ1v) is 8.92. The van der Waals surface area contributed by atoms with Crippen molar-refractivity contribution in [2.75, 3.05) is 5.32 Å². The highest BCUT2D eigenvalue weighted by molar-refractivity contribution is 5.76. The molecular formula is C21H19N5O2. The predicted molar refractivity (Wildman–Crippen MR) is 108 cm³/mol. The Labute approximate surface area is 161 Å². The van der Waals surface area contributed by atoms with E-state index in [1.807, 2.05) is 42.5 Å². The third-order valence-corrected chi connectivity index (χ3v) is 4.56. The van der Waals surface area contributed by atoms with Crippen molar-refractivity contribution < 1.29 is 4.92 Å². The molecule has 0 bridgehead atoms. The van der Waals surface area contributed by atoms with E-state index >= 15 is 0 Å². The fourth-order valence-electron chi connectivity index (χ4n) is 3.26. The van der Waals surface area contributed by atoms with Crippen LogP contribution in [0.2, 0.25) is 0 Å². The number of nitrogens with zero attached hydrogens (tertiary/aromatic N) is 4. The number of nitrogens with one attached hydrogen (secondary N) is 1. The number of hydrogen-bond acceptors (Lipinski definition) is 5. The lowest BCUT2D eigenvalue weighted by Gasteiger charge is -2.11. The van der Waals surface area contributed by atoms with Crippen molar-refractivity contribution in [1.82, 2.24) is 14.4 Å². The van der Waals surface area contributed by atoms with Gasteiger partial charge in [-0.15, -0.1) is 0 Å². The molecule has 2 heterocycles. The van der Waals surface area contributed by atoms with Crippen molar-refractivity contribution in [1.29, 1.82) is 0 Å². The SMILES string of the molecule is Cc1cc(C)n2c(NCc3ccccc3)c(-c3ccc([N+](=O)[O-])cc3)nc2n1. The van der Waals surface area contributed by atoms with Gasteiger partial charge in [-0.05, 0) is 37.6 Å². The molecule has 1 N–H and O–H groups in total. The Morgan fingerprint density at radius 1 is 1.04 bits per heavy atom. The summed E-state index contributed by atoms with van der Waals surface area (Å²) in [7, 11) is 0. The summed E-state index contributed by atoms with van der Waals surface area (Å²) >= 11 is 0. The zero-order valence-corrected chi connectivity index (χ0v) is 15.6. The van der Waals surface area contributed by atoms with Gasteiger partial charge in [0.2, 0.25) is 5.78 Å². The monoisotopic (exact) mass is 373 g/mol. The van der Waals surface area contributed by atoms with Crippen molar-refractivity contribution in [3.63, 3.8) is 0 Å². The van der Waals surface area contributed by atoms with Gasteiger partial charge in [0.25, 0.3) is 5.69 Å². The molecule has 0 atom stereocenters. The Bertz CT molecular complexity index is 1150. The fourth-order valence-corrected chi connectivity index (χ4v) is 3.26. The second kappa shape index (κ2) is 7.11.